The number of carbonyl (C=O) groups excluding carboxylic acids is 1. The molecule has 0 N–H and O–H groups in total. The van der Waals surface area contributed by atoms with E-state index in [4.69, 9.17) is 11.4 Å². The summed E-state index contributed by atoms with van der Waals surface area (Å²) in [5.41, 5.74) is 5.26. The summed E-state index contributed by atoms with van der Waals surface area (Å²) in [5, 5.41) is 0. The van der Waals surface area contributed by atoms with Gasteiger partial charge in [-0.05, 0) is 37.6 Å². The number of nitrogens with zero attached hydrogens (tertiary/aromatic N) is 3. The standard InChI is InChI=1S/C22H21N3O/c1-4-11-24-20-8-6-5-7-18(20)23-22(24)17-13-21(26)25(14-17)19-10-9-15(2)12-16(19)3/h1,5-10,12,17H,11,13-14H2,2-3H3/t17-/m1/s1. The Morgan fingerprint density at radius 2 is 2.04 bits per heavy atom. The SMILES string of the molecule is C#CCn1c([C@@H]2CC(=O)N(c3ccc(C)cc3C)C2)nc2ccccc21. The fraction of sp³-hybridized carbons (Fsp3) is 0.273. The lowest BCUT2D eigenvalue weighted by atomic mass is 10.1. The number of hydrogen-bond donors (Lipinski definition) is 0. The number of para-hydroxylation sites is 2. The zero-order chi connectivity index (χ0) is 18.3. The maximum Gasteiger partial charge on any atom is 0.227 e. The Balaban J connectivity index is 1.72. The average Bonchev–Trinajstić information content (AvgIpc) is 3.17. The first-order valence-corrected chi connectivity index (χ1v) is 8.84. The fourth-order valence-corrected chi connectivity index (χ4v) is 3.88. The van der Waals surface area contributed by atoms with Gasteiger partial charge in [0.1, 0.15) is 5.82 Å². The highest BCUT2D eigenvalue weighted by atomic mass is 16.2. The van der Waals surface area contributed by atoms with E-state index in [2.05, 4.69) is 36.5 Å². The van der Waals surface area contributed by atoms with Crippen molar-refractivity contribution in [2.75, 3.05) is 11.4 Å². The molecule has 3 aromatic rings. The van der Waals surface area contributed by atoms with Gasteiger partial charge in [-0.2, -0.15) is 0 Å². The molecule has 130 valence electrons. The number of imidazole rings is 1. The Bertz CT molecular complexity index is 1040. The lowest BCUT2D eigenvalue weighted by molar-refractivity contribution is -0.117. The maximum atomic E-state index is 12.7. The second-order valence-electron chi connectivity index (χ2n) is 6.94. The van der Waals surface area contributed by atoms with Crippen LogP contribution in [0.2, 0.25) is 0 Å². The second kappa shape index (κ2) is 6.34. The first kappa shape index (κ1) is 16.4. The molecule has 4 heteroatoms. The summed E-state index contributed by atoms with van der Waals surface area (Å²) in [4.78, 5) is 19.4. The molecule has 26 heavy (non-hydrogen) atoms. The Labute approximate surface area is 153 Å². The lowest BCUT2D eigenvalue weighted by Gasteiger charge is -2.19. The van der Waals surface area contributed by atoms with Gasteiger partial charge in [-0.1, -0.05) is 35.7 Å². The van der Waals surface area contributed by atoms with E-state index in [1.165, 1.54) is 5.56 Å². The van der Waals surface area contributed by atoms with Gasteiger partial charge in [0.05, 0.1) is 17.6 Å². The number of fused-ring (bicyclic) bond motifs is 1. The van der Waals surface area contributed by atoms with E-state index in [9.17, 15) is 4.79 Å². The number of amides is 1. The zero-order valence-electron chi connectivity index (χ0n) is 15.1. The van der Waals surface area contributed by atoms with E-state index in [0.29, 0.717) is 19.5 Å². The maximum absolute atomic E-state index is 12.7. The Morgan fingerprint density at radius 3 is 2.81 bits per heavy atom. The molecule has 0 saturated carbocycles. The number of aromatic nitrogens is 2. The van der Waals surface area contributed by atoms with Gasteiger partial charge in [0.25, 0.3) is 0 Å². The van der Waals surface area contributed by atoms with Crippen LogP contribution in [0.3, 0.4) is 0 Å². The molecule has 0 spiro atoms. The van der Waals surface area contributed by atoms with Crippen LogP contribution in [-0.2, 0) is 11.3 Å². The summed E-state index contributed by atoms with van der Waals surface area (Å²) in [6.07, 6.45) is 6.04. The van der Waals surface area contributed by atoms with Crippen molar-refractivity contribution in [1.29, 1.82) is 0 Å². The van der Waals surface area contributed by atoms with Crippen LogP contribution >= 0.6 is 0 Å². The summed E-state index contributed by atoms with van der Waals surface area (Å²) in [7, 11) is 0. The molecule has 4 nitrogen and oxygen atoms in total. The van der Waals surface area contributed by atoms with Gasteiger partial charge in [-0.15, -0.1) is 6.42 Å². The zero-order valence-corrected chi connectivity index (χ0v) is 15.1. The Hall–Kier alpha value is -3.06. The van der Waals surface area contributed by atoms with Crippen molar-refractivity contribution in [2.24, 2.45) is 0 Å². The third kappa shape index (κ3) is 2.66. The molecular weight excluding hydrogens is 322 g/mol. The molecule has 1 saturated heterocycles. The minimum absolute atomic E-state index is 0.0453. The van der Waals surface area contributed by atoms with Crippen LogP contribution in [-0.4, -0.2) is 22.0 Å². The van der Waals surface area contributed by atoms with E-state index >= 15 is 0 Å². The number of aryl methyl sites for hydroxylation is 2. The number of anilines is 1. The summed E-state index contributed by atoms with van der Waals surface area (Å²) >= 11 is 0. The molecule has 1 aromatic heterocycles. The largest absolute Gasteiger partial charge is 0.316 e. The first-order chi connectivity index (χ1) is 12.6. The molecule has 0 unspecified atom stereocenters. The number of rotatable bonds is 3. The molecule has 1 aliphatic heterocycles. The van der Waals surface area contributed by atoms with Crippen molar-refractivity contribution in [3.8, 4) is 12.3 Å². The Kier molecular flexibility index (Phi) is 4.00. The summed E-state index contributed by atoms with van der Waals surface area (Å²) in [5.74, 6) is 3.81. The van der Waals surface area contributed by atoms with Crippen LogP contribution in [0, 0.1) is 26.2 Å². The minimum atomic E-state index is 0.0453. The first-order valence-electron chi connectivity index (χ1n) is 8.84. The summed E-state index contributed by atoms with van der Waals surface area (Å²) < 4.78 is 2.07. The van der Waals surface area contributed by atoms with Gasteiger partial charge in [0, 0.05) is 24.6 Å². The van der Waals surface area contributed by atoms with Crippen molar-refractivity contribution in [1.82, 2.24) is 9.55 Å². The molecule has 0 radical (unpaired) electrons. The highest BCUT2D eigenvalue weighted by molar-refractivity contribution is 5.97. The van der Waals surface area contributed by atoms with Crippen LogP contribution in [0.25, 0.3) is 11.0 Å². The summed E-state index contributed by atoms with van der Waals surface area (Å²) in [6.45, 7) is 5.21. The number of hydrogen-bond acceptors (Lipinski definition) is 2. The quantitative estimate of drug-likeness (QED) is 0.678. The molecule has 1 atom stereocenters. The third-order valence-electron chi connectivity index (χ3n) is 5.07. The van der Waals surface area contributed by atoms with Crippen LogP contribution in [0.5, 0.6) is 0 Å². The van der Waals surface area contributed by atoms with E-state index in [1.807, 2.05) is 35.2 Å². The van der Waals surface area contributed by atoms with Crippen molar-refractivity contribution in [3.05, 3.63) is 59.4 Å². The third-order valence-corrected chi connectivity index (χ3v) is 5.07. The lowest BCUT2D eigenvalue weighted by Crippen LogP contribution is -2.25. The summed E-state index contributed by atoms with van der Waals surface area (Å²) in [6, 6.07) is 14.2. The van der Waals surface area contributed by atoms with Gasteiger partial charge in [-0.25, -0.2) is 4.98 Å². The predicted molar refractivity (Wildman–Crippen MR) is 104 cm³/mol. The molecular formula is C22H21N3O. The van der Waals surface area contributed by atoms with Crippen molar-refractivity contribution in [2.45, 2.75) is 32.7 Å². The molecule has 0 aliphatic carbocycles. The average molecular weight is 343 g/mol. The van der Waals surface area contributed by atoms with Crippen molar-refractivity contribution >= 4 is 22.6 Å². The molecule has 1 fully saturated rings. The van der Waals surface area contributed by atoms with Crippen LogP contribution in [0.15, 0.2) is 42.5 Å². The molecule has 1 aliphatic rings. The normalized spacial score (nSPS) is 17.0. The molecule has 2 heterocycles. The monoisotopic (exact) mass is 343 g/mol. The predicted octanol–water partition coefficient (Wildman–Crippen LogP) is 3.81. The van der Waals surface area contributed by atoms with Gasteiger partial charge in [0.2, 0.25) is 5.91 Å². The topological polar surface area (TPSA) is 38.1 Å². The fourth-order valence-electron chi connectivity index (χ4n) is 3.88. The highest BCUT2D eigenvalue weighted by Crippen LogP contribution is 2.34. The van der Waals surface area contributed by atoms with Crippen molar-refractivity contribution in [3.63, 3.8) is 0 Å². The van der Waals surface area contributed by atoms with Gasteiger partial charge in [0.15, 0.2) is 0 Å². The molecule has 2 aromatic carbocycles. The van der Waals surface area contributed by atoms with E-state index < -0.39 is 0 Å². The molecule has 0 bridgehead atoms. The van der Waals surface area contributed by atoms with Crippen LogP contribution in [0.1, 0.15) is 29.3 Å². The van der Waals surface area contributed by atoms with Gasteiger partial charge >= 0.3 is 0 Å². The Morgan fingerprint density at radius 1 is 1.23 bits per heavy atom. The molecule has 1 amide bonds. The highest BCUT2D eigenvalue weighted by Gasteiger charge is 2.35. The number of terminal acetylenes is 1. The smallest absolute Gasteiger partial charge is 0.227 e. The van der Waals surface area contributed by atoms with E-state index in [0.717, 1.165) is 28.1 Å². The van der Waals surface area contributed by atoms with Crippen LogP contribution < -0.4 is 4.90 Å². The van der Waals surface area contributed by atoms with Crippen LogP contribution in [0.4, 0.5) is 5.69 Å². The minimum Gasteiger partial charge on any atom is -0.316 e. The number of benzene rings is 2. The van der Waals surface area contributed by atoms with E-state index in [-0.39, 0.29) is 11.8 Å². The molecule has 4 rings (SSSR count). The second-order valence-corrected chi connectivity index (χ2v) is 6.94. The van der Waals surface area contributed by atoms with Crippen molar-refractivity contribution < 1.29 is 4.79 Å². The van der Waals surface area contributed by atoms with E-state index in [1.54, 1.807) is 0 Å². The van der Waals surface area contributed by atoms with Gasteiger partial charge < -0.3 is 9.47 Å². The van der Waals surface area contributed by atoms with Gasteiger partial charge in [-0.3, -0.25) is 4.79 Å². The number of carbonyl (C=O) groups is 1.